The molecule has 0 heterocycles. The van der Waals surface area contributed by atoms with E-state index in [0.717, 1.165) is 12.1 Å². The first kappa shape index (κ1) is 32.6. The van der Waals surface area contributed by atoms with Gasteiger partial charge in [0.25, 0.3) is 0 Å². The molecule has 0 amide bonds. The topological polar surface area (TPSA) is 36.9 Å². The van der Waals surface area contributed by atoms with Crippen molar-refractivity contribution in [3.05, 3.63) is 95.6 Å². The summed E-state index contributed by atoms with van der Waals surface area (Å²) in [6.07, 6.45) is 1.20. The highest BCUT2D eigenvalue weighted by atomic mass is 19.2. The first-order valence-electron chi connectivity index (χ1n) is 14.2. The number of hydrogen-bond acceptors (Lipinski definition) is 4. The fourth-order valence-corrected chi connectivity index (χ4v) is 4.52. The summed E-state index contributed by atoms with van der Waals surface area (Å²) in [5.41, 5.74) is -0.669. The summed E-state index contributed by atoms with van der Waals surface area (Å²) in [6.45, 7) is 6.10. The van der Waals surface area contributed by atoms with Crippen molar-refractivity contribution in [2.45, 2.75) is 33.6 Å². The van der Waals surface area contributed by atoms with Crippen molar-refractivity contribution in [1.29, 1.82) is 0 Å². The highest BCUT2D eigenvalue weighted by molar-refractivity contribution is 5.68. The molecule has 0 N–H and O–H groups in total. The zero-order chi connectivity index (χ0) is 31.8. The molecule has 0 aliphatic rings. The minimum atomic E-state index is -1.20. The number of ether oxygens (including phenoxy) is 4. The van der Waals surface area contributed by atoms with Gasteiger partial charge in [-0.05, 0) is 81.1 Å². The summed E-state index contributed by atoms with van der Waals surface area (Å²) in [4.78, 5) is 0. The van der Waals surface area contributed by atoms with Gasteiger partial charge in [-0.3, -0.25) is 0 Å². The van der Waals surface area contributed by atoms with Crippen LogP contribution in [0.4, 0.5) is 26.3 Å². The third kappa shape index (κ3) is 7.59. The molecule has 0 atom stereocenters. The van der Waals surface area contributed by atoms with Gasteiger partial charge in [0, 0.05) is 34.4 Å². The van der Waals surface area contributed by atoms with E-state index in [-0.39, 0.29) is 77.6 Å². The Labute approximate surface area is 252 Å². The third-order valence-corrected chi connectivity index (χ3v) is 6.91. The zero-order valence-corrected chi connectivity index (χ0v) is 24.5. The molecule has 0 aliphatic carbocycles. The Bertz CT molecular complexity index is 1480. The van der Waals surface area contributed by atoms with Gasteiger partial charge in [0.2, 0.25) is 11.6 Å². The highest BCUT2D eigenvalue weighted by Crippen LogP contribution is 2.34. The Hall–Kier alpha value is -4.34. The molecular formula is C34H32F6O4. The first-order valence-corrected chi connectivity index (χ1v) is 14.2. The van der Waals surface area contributed by atoms with Gasteiger partial charge >= 0.3 is 0 Å². The number of halogens is 6. The minimum absolute atomic E-state index is 0.108. The van der Waals surface area contributed by atoms with Gasteiger partial charge in [0.05, 0.1) is 26.4 Å². The first-order chi connectivity index (χ1) is 21.1. The van der Waals surface area contributed by atoms with E-state index >= 15 is 0 Å². The molecule has 4 rings (SSSR count). The van der Waals surface area contributed by atoms with Crippen LogP contribution >= 0.6 is 0 Å². The summed E-state index contributed by atoms with van der Waals surface area (Å²) in [7, 11) is 0. The van der Waals surface area contributed by atoms with Crippen molar-refractivity contribution in [1.82, 2.24) is 0 Å². The predicted molar refractivity (Wildman–Crippen MR) is 155 cm³/mol. The smallest absolute Gasteiger partial charge is 0.201 e. The van der Waals surface area contributed by atoms with Crippen LogP contribution in [-0.2, 0) is 0 Å². The third-order valence-electron chi connectivity index (χ3n) is 6.91. The predicted octanol–water partition coefficient (Wildman–Crippen LogP) is 9.53. The quantitative estimate of drug-likeness (QED) is 0.132. The Morgan fingerprint density at radius 3 is 1.25 bits per heavy atom. The maximum absolute atomic E-state index is 14.8. The van der Waals surface area contributed by atoms with Crippen molar-refractivity contribution in [2.24, 2.45) is 5.92 Å². The molecule has 0 spiro atoms. The number of hydrogen-bond donors (Lipinski definition) is 0. The average molecular weight is 619 g/mol. The van der Waals surface area contributed by atoms with Crippen LogP contribution in [-0.4, -0.2) is 26.4 Å². The highest BCUT2D eigenvalue weighted by Gasteiger charge is 2.20. The largest absolute Gasteiger partial charge is 0.493 e. The second-order valence-electron chi connectivity index (χ2n) is 10.0. The Morgan fingerprint density at radius 1 is 0.500 bits per heavy atom. The van der Waals surface area contributed by atoms with E-state index in [0.29, 0.717) is 12.8 Å². The van der Waals surface area contributed by atoms with Gasteiger partial charge < -0.3 is 18.9 Å². The van der Waals surface area contributed by atoms with Crippen LogP contribution in [0.3, 0.4) is 0 Å². The van der Waals surface area contributed by atoms with Crippen LogP contribution in [0.25, 0.3) is 22.3 Å². The Kier molecular flexibility index (Phi) is 11.0. The second kappa shape index (κ2) is 14.9. The van der Waals surface area contributed by atoms with E-state index in [2.05, 4.69) is 0 Å². The summed E-state index contributed by atoms with van der Waals surface area (Å²) >= 11 is 0. The van der Waals surface area contributed by atoms with E-state index in [4.69, 9.17) is 18.9 Å². The Balaban J connectivity index is 1.26. The molecule has 0 fully saturated rings. The lowest BCUT2D eigenvalue weighted by atomic mass is 10.0. The van der Waals surface area contributed by atoms with E-state index in [1.165, 1.54) is 48.5 Å². The molecule has 0 bridgehead atoms. The average Bonchev–Trinajstić information content (AvgIpc) is 2.99. The second-order valence-corrected chi connectivity index (χ2v) is 10.0. The fraction of sp³-hybridized carbons (Fsp3) is 0.294. The van der Waals surface area contributed by atoms with Gasteiger partial charge in [-0.2, -0.15) is 8.78 Å². The van der Waals surface area contributed by atoms with Gasteiger partial charge in [-0.1, -0.05) is 6.92 Å². The summed E-state index contributed by atoms with van der Waals surface area (Å²) < 4.78 is 108. The van der Waals surface area contributed by atoms with Crippen LogP contribution in [0, 0.1) is 40.8 Å². The molecule has 4 nitrogen and oxygen atoms in total. The lowest BCUT2D eigenvalue weighted by Gasteiger charge is -2.15. The lowest BCUT2D eigenvalue weighted by Crippen LogP contribution is -2.09. The van der Waals surface area contributed by atoms with Gasteiger partial charge in [-0.25, -0.2) is 17.6 Å². The van der Waals surface area contributed by atoms with E-state index < -0.39 is 34.9 Å². The molecule has 0 aliphatic heterocycles. The molecule has 0 aromatic heterocycles. The SMILES string of the molecule is CCOc1ccc(-c2ccc(OCCC(C)CCOc3ccc(-c4ccc(OCC)c(F)c4F)c(F)c3)cc2F)c(F)c1F. The van der Waals surface area contributed by atoms with Crippen LogP contribution in [0.15, 0.2) is 60.7 Å². The minimum Gasteiger partial charge on any atom is -0.493 e. The molecule has 0 saturated carbocycles. The Morgan fingerprint density at radius 2 is 0.886 bits per heavy atom. The standard InChI is InChI=1S/C34H32F6O4/c1-4-41-29-12-10-25(31(37)33(29)39)23-8-6-21(18-27(23)35)43-16-14-20(3)15-17-44-22-7-9-24(28(36)19-22)26-11-13-30(42-5-2)34(40)32(26)38/h6-13,18-20H,4-5,14-17H2,1-3H3. The van der Waals surface area contributed by atoms with Crippen LogP contribution in [0.5, 0.6) is 23.0 Å². The summed E-state index contributed by atoms with van der Waals surface area (Å²) in [5.74, 6) is -6.17. The van der Waals surface area contributed by atoms with Gasteiger partial charge in [-0.15, -0.1) is 0 Å². The fourth-order valence-electron chi connectivity index (χ4n) is 4.52. The molecular weight excluding hydrogens is 586 g/mol. The molecule has 10 heteroatoms. The monoisotopic (exact) mass is 618 g/mol. The normalized spacial score (nSPS) is 11.1. The maximum atomic E-state index is 14.8. The van der Waals surface area contributed by atoms with Crippen molar-refractivity contribution in [3.63, 3.8) is 0 Å². The van der Waals surface area contributed by atoms with Crippen LogP contribution in [0.1, 0.15) is 33.6 Å². The molecule has 0 radical (unpaired) electrons. The van der Waals surface area contributed by atoms with Gasteiger partial charge in [0.15, 0.2) is 23.1 Å². The summed E-state index contributed by atoms with van der Waals surface area (Å²) in [6, 6.07) is 12.9. The molecule has 0 unspecified atom stereocenters. The van der Waals surface area contributed by atoms with E-state index in [9.17, 15) is 26.3 Å². The van der Waals surface area contributed by atoms with Crippen molar-refractivity contribution < 1.29 is 45.3 Å². The molecule has 4 aromatic rings. The van der Waals surface area contributed by atoms with Crippen molar-refractivity contribution in [3.8, 4) is 45.3 Å². The molecule has 0 saturated heterocycles. The van der Waals surface area contributed by atoms with Crippen molar-refractivity contribution >= 4 is 0 Å². The zero-order valence-electron chi connectivity index (χ0n) is 24.5. The maximum Gasteiger partial charge on any atom is 0.201 e. The number of benzene rings is 4. The molecule has 4 aromatic carbocycles. The summed E-state index contributed by atoms with van der Waals surface area (Å²) in [5, 5.41) is 0. The van der Waals surface area contributed by atoms with E-state index in [1.54, 1.807) is 13.8 Å². The van der Waals surface area contributed by atoms with Gasteiger partial charge in [0.1, 0.15) is 23.1 Å². The van der Waals surface area contributed by atoms with Crippen molar-refractivity contribution in [2.75, 3.05) is 26.4 Å². The van der Waals surface area contributed by atoms with E-state index in [1.807, 2.05) is 6.92 Å². The number of rotatable bonds is 14. The molecule has 44 heavy (non-hydrogen) atoms. The van der Waals surface area contributed by atoms with Crippen LogP contribution < -0.4 is 18.9 Å². The molecule has 234 valence electrons. The van der Waals surface area contributed by atoms with Crippen LogP contribution in [0.2, 0.25) is 0 Å². The lowest BCUT2D eigenvalue weighted by molar-refractivity contribution is 0.244.